The maximum Gasteiger partial charge on any atom is 0.281 e. The van der Waals surface area contributed by atoms with E-state index in [1.165, 1.54) is 13.4 Å². The number of aromatic nitrogens is 2. The lowest BCUT2D eigenvalue weighted by Crippen LogP contribution is -2.24. The minimum absolute atomic E-state index is 0.0516. The Labute approximate surface area is 140 Å². The Bertz CT molecular complexity index is 689. The molecular formula is C16H22N4O4. The number of methoxy groups -OCH3 is 1. The third-order valence-electron chi connectivity index (χ3n) is 3.54. The number of carbonyl (C=O) groups is 1. The van der Waals surface area contributed by atoms with E-state index < -0.39 is 5.91 Å². The van der Waals surface area contributed by atoms with E-state index in [1.807, 2.05) is 13.8 Å². The molecule has 2 heterocycles. The number of oxime groups is 1. The summed E-state index contributed by atoms with van der Waals surface area (Å²) < 4.78 is 12.3. The highest BCUT2D eigenvalue weighted by Gasteiger charge is 2.19. The normalized spacial score (nSPS) is 12.2. The molecule has 130 valence electrons. The topological polar surface area (TPSA) is 90.9 Å². The smallest absolute Gasteiger partial charge is 0.281 e. The summed E-state index contributed by atoms with van der Waals surface area (Å²) in [6, 6.07) is 3.30. The molecule has 0 aliphatic carbocycles. The molecule has 2 rings (SSSR count). The monoisotopic (exact) mass is 334 g/mol. The highest BCUT2D eigenvalue weighted by atomic mass is 16.6. The zero-order chi connectivity index (χ0) is 17.6. The van der Waals surface area contributed by atoms with Gasteiger partial charge in [0.2, 0.25) is 5.71 Å². The number of amides is 1. The molecule has 0 spiro atoms. The van der Waals surface area contributed by atoms with Crippen LogP contribution in [0.25, 0.3) is 0 Å². The van der Waals surface area contributed by atoms with Gasteiger partial charge in [0.15, 0.2) is 5.76 Å². The van der Waals surface area contributed by atoms with Crippen LogP contribution in [-0.2, 0) is 20.9 Å². The van der Waals surface area contributed by atoms with Crippen LogP contribution in [0.2, 0.25) is 0 Å². The molecule has 0 saturated heterocycles. The van der Waals surface area contributed by atoms with Gasteiger partial charge in [-0.05, 0) is 32.4 Å². The molecule has 0 aliphatic rings. The molecule has 0 unspecified atom stereocenters. The standard InChI is InChI=1S/C16H22N4O4/c1-16(2,22-3)7-8-20-11-12(10-17-20)18-15(21)14(19-23-4)13-6-5-9-24-13/h5-6,9-11H,7-8H2,1-4H3,(H,18,21). The maximum absolute atomic E-state index is 12.3. The van der Waals surface area contributed by atoms with Gasteiger partial charge in [0.1, 0.15) is 7.11 Å². The SMILES string of the molecule is CON=C(C(=O)Nc1cnn(CCC(C)(C)OC)c1)c1ccco1. The molecule has 0 saturated carbocycles. The van der Waals surface area contributed by atoms with Crippen LogP contribution in [0.5, 0.6) is 0 Å². The number of carbonyl (C=O) groups excluding carboxylic acids is 1. The number of nitrogens with one attached hydrogen (secondary N) is 1. The average Bonchev–Trinajstić information content (AvgIpc) is 3.22. The second-order valence-electron chi connectivity index (χ2n) is 5.76. The first-order valence-electron chi connectivity index (χ1n) is 7.49. The number of hydrogen-bond acceptors (Lipinski definition) is 6. The molecule has 0 aromatic carbocycles. The predicted molar refractivity (Wildman–Crippen MR) is 88.8 cm³/mol. The van der Waals surface area contributed by atoms with Crippen molar-refractivity contribution in [1.29, 1.82) is 0 Å². The number of hydrogen-bond donors (Lipinski definition) is 1. The summed E-state index contributed by atoms with van der Waals surface area (Å²) in [6.45, 7) is 4.69. The first kappa shape index (κ1) is 17.7. The summed E-state index contributed by atoms with van der Waals surface area (Å²) in [7, 11) is 3.05. The van der Waals surface area contributed by atoms with Crippen LogP contribution in [-0.4, -0.2) is 41.2 Å². The molecular weight excluding hydrogens is 312 g/mol. The summed E-state index contributed by atoms with van der Waals surface area (Å²) >= 11 is 0. The van der Waals surface area contributed by atoms with Gasteiger partial charge in [-0.1, -0.05) is 5.16 Å². The minimum Gasteiger partial charge on any atom is -0.462 e. The summed E-state index contributed by atoms with van der Waals surface area (Å²) in [5, 5.41) is 10.7. The fourth-order valence-electron chi connectivity index (χ4n) is 1.93. The van der Waals surface area contributed by atoms with Crippen molar-refractivity contribution in [3.05, 3.63) is 36.5 Å². The van der Waals surface area contributed by atoms with Crippen LogP contribution in [0.1, 0.15) is 26.0 Å². The Morgan fingerprint density at radius 3 is 2.88 bits per heavy atom. The number of aryl methyl sites for hydroxylation is 1. The number of nitrogens with zero attached hydrogens (tertiary/aromatic N) is 3. The molecule has 0 aliphatic heterocycles. The van der Waals surface area contributed by atoms with Crippen LogP contribution >= 0.6 is 0 Å². The molecule has 1 N–H and O–H groups in total. The zero-order valence-corrected chi connectivity index (χ0v) is 14.3. The van der Waals surface area contributed by atoms with Crippen molar-refractivity contribution >= 4 is 17.3 Å². The molecule has 2 aromatic heterocycles. The first-order valence-corrected chi connectivity index (χ1v) is 7.49. The van der Waals surface area contributed by atoms with Gasteiger partial charge in [0.25, 0.3) is 5.91 Å². The minimum atomic E-state index is -0.441. The third kappa shape index (κ3) is 4.69. The molecule has 0 radical (unpaired) electrons. The van der Waals surface area contributed by atoms with E-state index in [4.69, 9.17) is 14.0 Å². The first-order chi connectivity index (χ1) is 11.4. The van der Waals surface area contributed by atoms with Crippen molar-refractivity contribution < 1.29 is 18.8 Å². The number of anilines is 1. The van der Waals surface area contributed by atoms with E-state index in [0.717, 1.165) is 6.42 Å². The van der Waals surface area contributed by atoms with Gasteiger partial charge in [0, 0.05) is 19.9 Å². The van der Waals surface area contributed by atoms with Gasteiger partial charge in [-0.3, -0.25) is 9.48 Å². The summed E-state index contributed by atoms with van der Waals surface area (Å²) in [6.07, 6.45) is 5.57. The lowest BCUT2D eigenvalue weighted by molar-refractivity contribution is -0.110. The Kier molecular flexibility index (Phi) is 5.75. The van der Waals surface area contributed by atoms with Crippen molar-refractivity contribution in [2.24, 2.45) is 5.16 Å². The van der Waals surface area contributed by atoms with Crippen molar-refractivity contribution in [3.8, 4) is 0 Å². The predicted octanol–water partition coefficient (Wildman–Crippen LogP) is 2.28. The summed E-state index contributed by atoms with van der Waals surface area (Å²) in [5.74, 6) is -0.118. The van der Waals surface area contributed by atoms with Gasteiger partial charge in [-0.15, -0.1) is 0 Å². The number of ether oxygens (including phenoxy) is 1. The molecule has 8 nitrogen and oxygen atoms in total. The van der Waals surface area contributed by atoms with Crippen molar-refractivity contribution in [1.82, 2.24) is 9.78 Å². The van der Waals surface area contributed by atoms with E-state index in [0.29, 0.717) is 18.0 Å². The van der Waals surface area contributed by atoms with Crippen LogP contribution in [0.3, 0.4) is 0 Å². The maximum atomic E-state index is 12.3. The van der Waals surface area contributed by atoms with Gasteiger partial charge in [-0.2, -0.15) is 5.10 Å². The Morgan fingerprint density at radius 2 is 2.25 bits per heavy atom. The average molecular weight is 334 g/mol. The zero-order valence-electron chi connectivity index (χ0n) is 14.3. The molecule has 0 atom stereocenters. The largest absolute Gasteiger partial charge is 0.462 e. The van der Waals surface area contributed by atoms with E-state index in [-0.39, 0.29) is 11.3 Å². The van der Waals surface area contributed by atoms with Crippen molar-refractivity contribution in [2.45, 2.75) is 32.4 Å². The molecule has 2 aromatic rings. The van der Waals surface area contributed by atoms with Crippen LogP contribution in [0.4, 0.5) is 5.69 Å². The van der Waals surface area contributed by atoms with E-state index in [9.17, 15) is 4.79 Å². The van der Waals surface area contributed by atoms with E-state index in [2.05, 4.69) is 15.6 Å². The quantitative estimate of drug-likeness (QED) is 0.591. The summed E-state index contributed by atoms with van der Waals surface area (Å²) in [5.41, 5.74) is 0.383. The molecule has 24 heavy (non-hydrogen) atoms. The van der Waals surface area contributed by atoms with Gasteiger partial charge in [0.05, 0.1) is 23.7 Å². The fourth-order valence-corrected chi connectivity index (χ4v) is 1.93. The van der Waals surface area contributed by atoms with Crippen molar-refractivity contribution in [3.63, 3.8) is 0 Å². The second kappa shape index (κ2) is 7.78. The molecule has 1 amide bonds. The second-order valence-corrected chi connectivity index (χ2v) is 5.76. The molecule has 8 heteroatoms. The molecule has 0 bridgehead atoms. The Balaban J connectivity index is 2.01. The fraction of sp³-hybridized carbons (Fsp3) is 0.438. The Hall–Kier alpha value is -2.61. The molecule has 0 fully saturated rings. The lowest BCUT2D eigenvalue weighted by Gasteiger charge is -2.22. The van der Waals surface area contributed by atoms with Gasteiger partial charge < -0.3 is 19.3 Å². The van der Waals surface area contributed by atoms with Gasteiger partial charge >= 0.3 is 0 Å². The number of furan rings is 1. The number of rotatable bonds is 8. The van der Waals surface area contributed by atoms with E-state index >= 15 is 0 Å². The van der Waals surface area contributed by atoms with E-state index in [1.54, 1.807) is 36.3 Å². The van der Waals surface area contributed by atoms with Crippen LogP contribution in [0, 0.1) is 0 Å². The third-order valence-corrected chi connectivity index (χ3v) is 3.54. The van der Waals surface area contributed by atoms with Crippen LogP contribution in [0.15, 0.2) is 40.4 Å². The Morgan fingerprint density at radius 1 is 1.46 bits per heavy atom. The summed E-state index contributed by atoms with van der Waals surface area (Å²) in [4.78, 5) is 17.0. The highest BCUT2D eigenvalue weighted by Crippen LogP contribution is 2.15. The van der Waals surface area contributed by atoms with Crippen molar-refractivity contribution in [2.75, 3.05) is 19.5 Å². The van der Waals surface area contributed by atoms with Gasteiger partial charge in [-0.25, -0.2) is 0 Å². The lowest BCUT2D eigenvalue weighted by atomic mass is 10.1. The highest BCUT2D eigenvalue weighted by molar-refractivity contribution is 6.48. The van der Waals surface area contributed by atoms with Crippen LogP contribution < -0.4 is 5.32 Å².